The van der Waals surface area contributed by atoms with E-state index in [0.29, 0.717) is 10.0 Å². The fraction of sp³-hybridized carbons (Fsp3) is 0.350. The molecule has 2 amide bonds. The summed E-state index contributed by atoms with van der Waals surface area (Å²) >= 11 is 12.1. The number of halogens is 2. The Labute approximate surface area is 170 Å². The molecule has 1 saturated heterocycles. The number of hydrogen-bond acceptors (Lipinski definition) is 3. The first kappa shape index (κ1) is 19.8. The van der Waals surface area contributed by atoms with Crippen molar-refractivity contribution in [2.24, 2.45) is 0 Å². The predicted octanol–water partition coefficient (Wildman–Crippen LogP) is 4.63. The van der Waals surface area contributed by atoms with Crippen molar-refractivity contribution in [3.63, 3.8) is 0 Å². The van der Waals surface area contributed by atoms with Gasteiger partial charge in [-0.3, -0.25) is 0 Å². The summed E-state index contributed by atoms with van der Waals surface area (Å²) in [6, 6.07) is 12.7. The van der Waals surface area contributed by atoms with E-state index in [1.165, 1.54) is 5.69 Å². The van der Waals surface area contributed by atoms with Gasteiger partial charge in [0.15, 0.2) is 0 Å². The fourth-order valence-electron chi connectivity index (χ4n) is 3.11. The van der Waals surface area contributed by atoms with Crippen LogP contribution in [0.5, 0.6) is 0 Å². The third kappa shape index (κ3) is 5.28. The molecule has 144 valence electrons. The van der Waals surface area contributed by atoms with Crippen molar-refractivity contribution in [3.8, 4) is 0 Å². The average Bonchev–Trinajstić information content (AvgIpc) is 2.63. The van der Waals surface area contributed by atoms with Gasteiger partial charge in [0.05, 0.1) is 6.04 Å². The molecule has 7 heteroatoms. The summed E-state index contributed by atoms with van der Waals surface area (Å²) in [5.41, 5.74) is 2.75. The number of rotatable bonds is 4. The van der Waals surface area contributed by atoms with Gasteiger partial charge >= 0.3 is 6.03 Å². The van der Waals surface area contributed by atoms with Crippen LogP contribution in [0, 0.1) is 0 Å². The number of hydrogen-bond donors (Lipinski definition) is 2. The molecule has 0 radical (unpaired) electrons. The highest BCUT2D eigenvalue weighted by molar-refractivity contribution is 6.35. The van der Waals surface area contributed by atoms with Crippen LogP contribution in [-0.2, 0) is 0 Å². The van der Waals surface area contributed by atoms with Crippen molar-refractivity contribution < 1.29 is 4.79 Å². The van der Waals surface area contributed by atoms with E-state index < -0.39 is 0 Å². The average molecular weight is 407 g/mol. The van der Waals surface area contributed by atoms with Crippen molar-refractivity contribution in [1.82, 2.24) is 10.2 Å². The van der Waals surface area contributed by atoms with E-state index in [2.05, 4.69) is 27.5 Å². The lowest BCUT2D eigenvalue weighted by molar-refractivity contribution is 0.249. The van der Waals surface area contributed by atoms with Gasteiger partial charge in [-0.1, -0.05) is 29.3 Å². The molecule has 5 nitrogen and oxygen atoms in total. The molecule has 2 aromatic carbocycles. The number of anilines is 2. The SMILES string of the molecule is CC(NC(=O)Nc1ccc(N2CCN(C)CC2)cc1)c1ccc(Cl)cc1Cl. The lowest BCUT2D eigenvalue weighted by Gasteiger charge is -2.34. The minimum absolute atomic E-state index is 0.237. The molecular formula is C20H24Cl2N4O. The summed E-state index contributed by atoms with van der Waals surface area (Å²) in [7, 11) is 2.14. The Bertz CT molecular complexity index is 789. The molecule has 27 heavy (non-hydrogen) atoms. The molecule has 0 aliphatic carbocycles. The van der Waals surface area contributed by atoms with Crippen LogP contribution in [0.15, 0.2) is 42.5 Å². The molecule has 0 saturated carbocycles. The smallest absolute Gasteiger partial charge is 0.319 e. The maximum absolute atomic E-state index is 12.3. The number of urea groups is 1. The minimum atomic E-state index is -0.277. The first-order chi connectivity index (χ1) is 12.9. The highest BCUT2D eigenvalue weighted by Crippen LogP contribution is 2.26. The lowest BCUT2D eigenvalue weighted by Crippen LogP contribution is -2.44. The zero-order chi connectivity index (χ0) is 19.4. The number of benzene rings is 2. The summed E-state index contributed by atoms with van der Waals surface area (Å²) in [5, 5.41) is 6.86. The van der Waals surface area contributed by atoms with Crippen LogP contribution >= 0.6 is 23.2 Å². The number of piperazine rings is 1. The molecule has 0 bridgehead atoms. The van der Waals surface area contributed by atoms with Crippen LogP contribution in [0.3, 0.4) is 0 Å². The van der Waals surface area contributed by atoms with Gasteiger partial charge in [0.1, 0.15) is 0 Å². The van der Waals surface area contributed by atoms with E-state index in [4.69, 9.17) is 23.2 Å². The topological polar surface area (TPSA) is 47.6 Å². The first-order valence-corrected chi connectivity index (χ1v) is 9.74. The molecule has 1 atom stereocenters. The van der Waals surface area contributed by atoms with Gasteiger partial charge in [0.2, 0.25) is 0 Å². The second kappa shape index (κ2) is 8.83. The van der Waals surface area contributed by atoms with Crippen LogP contribution in [0.2, 0.25) is 10.0 Å². The number of carbonyl (C=O) groups excluding carboxylic acids is 1. The summed E-state index contributed by atoms with van der Waals surface area (Å²) in [5.74, 6) is 0. The molecule has 0 aromatic heterocycles. The van der Waals surface area contributed by atoms with E-state index in [1.54, 1.807) is 12.1 Å². The molecular weight excluding hydrogens is 383 g/mol. The first-order valence-electron chi connectivity index (χ1n) is 8.98. The fourth-order valence-corrected chi connectivity index (χ4v) is 3.69. The van der Waals surface area contributed by atoms with Crippen molar-refractivity contribution >= 4 is 40.6 Å². The molecule has 1 heterocycles. The molecule has 1 aliphatic rings. The summed E-state index contributed by atoms with van der Waals surface area (Å²) in [6.45, 7) is 6.04. The van der Waals surface area contributed by atoms with Crippen molar-refractivity contribution in [3.05, 3.63) is 58.1 Å². The molecule has 2 aromatic rings. The van der Waals surface area contributed by atoms with Gasteiger partial charge < -0.3 is 20.4 Å². The van der Waals surface area contributed by atoms with Gasteiger partial charge in [-0.15, -0.1) is 0 Å². The minimum Gasteiger partial charge on any atom is -0.369 e. The van der Waals surface area contributed by atoms with Gasteiger partial charge in [0.25, 0.3) is 0 Å². The summed E-state index contributed by atoms with van der Waals surface area (Å²) in [4.78, 5) is 17.0. The van der Waals surface area contributed by atoms with E-state index in [1.807, 2.05) is 37.3 Å². The molecule has 1 fully saturated rings. The maximum atomic E-state index is 12.3. The van der Waals surface area contributed by atoms with Crippen molar-refractivity contribution in [1.29, 1.82) is 0 Å². The largest absolute Gasteiger partial charge is 0.369 e. The van der Waals surface area contributed by atoms with Gasteiger partial charge in [-0.2, -0.15) is 0 Å². The van der Waals surface area contributed by atoms with E-state index in [-0.39, 0.29) is 12.1 Å². The Kier molecular flexibility index (Phi) is 6.47. The van der Waals surface area contributed by atoms with Crippen molar-refractivity contribution in [2.75, 3.05) is 43.4 Å². The number of carbonyl (C=O) groups is 1. The van der Waals surface area contributed by atoms with E-state index in [9.17, 15) is 4.79 Å². The zero-order valence-electron chi connectivity index (χ0n) is 15.5. The van der Waals surface area contributed by atoms with Crippen LogP contribution in [0.1, 0.15) is 18.5 Å². The molecule has 1 aliphatic heterocycles. The predicted molar refractivity (Wildman–Crippen MR) is 113 cm³/mol. The van der Waals surface area contributed by atoms with E-state index >= 15 is 0 Å². The third-order valence-corrected chi connectivity index (χ3v) is 5.33. The van der Waals surface area contributed by atoms with Gasteiger partial charge in [-0.25, -0.2) is 4.79 Å². The van der Waals surface area contributed by atoms with Crippen LogP contribution in [0.25, 0.3) is 0 Å². The zero-order valence-corrected chi connectivity index (χ0v) is 17.0. The van der Waals surface area contributed by atoms with Gasteiger partial charge in [0, 0.05) is 47.6 Å². The molecule has 2 N–H and O–H groups in total. The monoisotopic (exact) mass is 406 g/mol. The Hall–Kier alpha value is -1.95. The highest BCUT2D eigenvalue weighted by Gasteiger charge is 2.15. The van der Waals surface area contributed by atoms with E-state index in [0.717, 1.165) is 37.4 Å². The number of amides is 2. The summed E-state index contributed by atoms with van der Waals surface area (Å²) < 4.78 is 0. The van der Waals surface area contributed by atoms with Crippen molar-refractivity contribution in [2.45, 2.75) is 13.0 Å². The van der Waals surface area contributed by atoms with Gasteiger partial charge in [-0.05, 0) is 55.9 Å². The molecule has 3 rings (SSSR count). The normalized spacial score (nSPS) is 16.1. The highest BCUT2D eigenvalue weighted by atomic mass is 35.5. The lowest BCUT2D eigenvalue weighted by atomic mass is 10.1. The summed E-state index contributed by atoms with van der Waals surface area (Å²) in [6.07, 6.45) is 0. The quantitative estimate of drug-likeness (QED) is 0.777. The Morgan fingerprint density at radius 2 is 1.70 bits per heavy atom. The number of nitrogens with zero attached hydrogens (tertiary/aromatic N) is 2. The Morgan fingerprint density at radius 1 is 1.04 bits per heavy atom. The Balaban J connectivity index is 1.56. The Morgan fingerprint density at radius 3 is 2.33 bits per heavy atom. The maximum Gasteiger partial charge on any atom is 0.319 e. The second-order valence-corrected chi connectivity index (χ2v) is 7.67. The standard InChI is InChI=1S/C20H24Cl2N4O/c1-14(18-8-3-15(21)13-19(18)22)23-20(27)24-16-4-6-17(7-5-16)26-11-9-25(2)10-12-26/h3-8,13-14H,9-12H2,1-2H3,(H2,23,24,27). The molecule has 0 spiro atoms. The van der Waals surface area contributed by atoms with Crippen LogP contribution in [-0.4, -0.2) is 44.2 Å². The number of likely N-dealkylation sites (N-methyl/N-ethyl adjacent to an activating group) is 1. The third-order valence-electron chi connectivity index (χ3n) is 4.77. The molecule has 1 unspecified atom stereocenters. The number of nitrogens with one attached hydrogen (secondary N) is 2. The second-order valence-electron chi connectivity index (χ2n) is 6.82. The van der Waals surface area contributed by atoms with Crippen LogP contribution in [0.4, 0.5) is 16.2 Å². The van der Waals surface area contributed by atoms with Crippen LogP contribution < -0.4 is 15.5 Å².